The fraction of sp³-hybridized carbons (Fsp3) is 0.409. The van der Waals surface area contributed by atoms with Gasteiger partial charge in [-0.1, -0.05) is 6.07 Å². The number of piperazine rings is 1. The van der Waals surface area contributed by atoms with Gasteiger partial charge in [-0.3, -0.25) is 9.59 Å². The number of aromatic nitrogens is 1. The highest BCUT2D eigenvalue weighted by molar-refractivity contribution is 7.89. The van der Waals surface area contributed by atoms with E-state index in [9.17, 15) is 18.0 Å². The number of nitrogens with one attached hydrogen (secondary N) is 1. The minimum Gasteiger partial charge on any atom is -0.357 e. The van der Waals surface area contributed by atoms with Crippen molar-refractivity contribution >= 4 is 33.3 Å². The van der Waals surface area contributed by atoms with E-state index in [0.717, 1.165) is 31.7 Å². The maximum absolute atomic E-state index is 13.0. The Hall–Kier alpha value is -2.98. The molecule has 3 heterocycles. The van der Waals surface area contributed by atoms with E-state index in [2.05, 4.69) is 15.2 Å². The first-order chi connectivity index (χ1) is 15.3. The second-order valence-corrected chi connectivity index (χ2v) is 9.93. The maximum Gasteiger partial charge on any atom is 0.255 e. The van der Waals surface area contributed by atoms with Crippen LogP contribution in [0, 0.1) is 0 Å². The highest BCUT2D eigenvalue weighted by Crippen LogP contribution is 2.21. The molecule has 2 saturated heterocycles. The summed E-state index contributed by atoms with van der Waals surface area (Å²) in [6.07, 6.45) is 3.93. The maximum atomic E-state index is 13.0. The van der Waals surface area contributed by atoms with Crippen LogP contribution >= 0.6 is 0 Å². The van der Waals surface area contributed by atoms with E-state index in [4.69, 9.17) is 0 Å². The molecule has 32 heavy (non-hydrogen) atoms. The van der Waals surface area contributed by atoms with Crippen LogP contribution in [-0.2, 0) is 14.8 Å². The predicted octanol–water partition coefficient (Wildman–Crippen LogP) is 1.79. The molecule has 0 radical (unpaired) electrons. The highest BCUT2D eigenvalue weighted by atomic mass is 32.2. The van der Waals surface area contributed by atoms with Gasteiger partial charge in [-0.25, -0.2) is 13.4 Å². The zero-order chi connectivity index (χ0) is 22.7. The van der Waals surface area contributed by atoms with Gasteiger partial charge in [0.15, 0.2) is 0 Å². The van der Waals surface area contributed by atoms with E-state index in [0.29, 0.717) is 18.8 Å². The van der Waals surface area contributed by atoms with Crippen molar-refractivity contribution in [2.45, 2.75) is 24.7 Å². The van der Waals surface area contributed by atoms with Crippen molar-refractivity contribution in [3.8, 4) is 0 Å². The van der Waals surface area contributed by atoms with Crippen molar-refractivity contribution < 1.29 is 18.0 Å². The Kier molecular flexibility index (Phi) is 6.43. The average Bonchev–Trinajstić information content (AvgIpc) is 3.35. The monoisotopic (exact) mass is 457 g/mol. The van der Waals surface area contributed by atoms with E-state index in [1.165, 1.54) is 23.4 Å². The van der Waals surface area contributed by atoms with Crippen molar-refractivity contribution in [1.82, 2.24) is 14.2 Å². The minimum atomic E-state index is -3.76. The second-order valence-electron chi connectivity index (χ2n) is 7.99. The normalized spacial score (nSPS) is 17.4. The molecule has 2 fully saturated rings. The average molecular weight is 458 g/mol. The Morgan fingerprint density at radius 2 is 1.69 bits per heavy atom. The predicted molar refractivity (Wildman–Crippen MR) is 121 cm³/mol. The van der Waals surface area contributed by atoms with Gasteiger partial charge in [0.05, 0.1) is 16.8 Å². The molecule has 2 aromatic rings. The number of hydrogen-bond donors (Lipinski definition) is 1. The standard InChI is InChI=1S/C22H27N5O4S/c1-17(28)25-11-13-27(14-12-25)32(30,31)20-6-4-5-18(15-20)22(29)24-19-7-8-21(23-16-19)26-9-2-3-10-26/h4-8,15-16H,2-3,9-14H2,1H3,(H,24,29). The summed E-state index contributed by atoms with van der Waals surface area (Å²) in [6.45, 7) is 4.63. The van der Waals surface area contributed by atoms with Crippen LogP contribution in [0.1, 0.15) is 30.1 Å². The molecule has 1 N–H and O–H groups in total. The van der Waals surface area contributed by atoms with Gasteiger partial charge in [-0.15, -0.1) is 0 Å². The number of rotatable bonds is 5. The summed E-state index contributed by atoms with van der Waals surface area (Å²) in [5.41, 5.74) is 0.795. The van der Waals surface area contributed by atoms with E-state index in [1.807, 2.05) is 6.07 Å². The summed E-state index contributed by atoms with van der Waals surface area (Å²) in [4.78, 5) is 32.5. The van der Waals surface area contributed by atoms with Crippen molar-refractivity contribution in [3.63, 3.8) is 0 Å². The largest absolute Gasteiger partial charge is 0.357 e. The van der Waals surface area contributed by atoms with Crippen molar-refractivity contribution in [1.29, 1.82) is 0 Å². The van der Waals surface area contributed by atoms with Crippen LogP contribution in [0.25, 0.3) is 0 Å². The molecule has 0 saturated carbocycles. The number of benzene rings is 1. The number of amides is 2. The summed E-state index contributed by atoms with van der Waals surface area (Å²) < 4.78 is 27.4. The number of hydrogen-bond acceptors (Lipinski definition) is 6. The molecule has 1 aromatic carbocycles. The van der Waals surface area contributed by atoms with Gasteiger partial charge in [0.1, 0.15) is 5.82 Å². The van der Waals surface area contributed by atoms with Crippen molar-refractivity contribution in [2.24, 2.45) is 0 Å². The number of carbonyl (C=O) groups is 2. The molecular formula is C22H27N5O4S. The molecule has 0 bridgehead atoms. The van der Waals surface area contributed by atoms with E-state index < -0.39 is 15.9 Å². The summed E-state index contributed by atoms with van der Waals surface area (Å²) in [7, 11) is -3.76. The smallest absolute Gasteiger partial charge is 0.255 e. The quantitative estimate of drug-likeness (QED) is 0.734. The van der Waals surface area contributed by atoms with Crippen LogP contribution in [-0.4, -0.2) is 73.7 Å². The van der Waals surface area contributed by atoms with Crippen LogP contribution in [0.4, 0.5) is 11.5 Å². The molecule has 2 amide bonds. The third kappa shape index (κ3) is 4.76. The molecule has 0 unspecified atom stereocenters. The van der Waals surface area contributed by atoms with Gasteiger partial charge in [-0.05, 0) is 43.2 Å². The Morgan fingerprint density at radius 3 is 2.31 bits per heavy atom. The first-order valence-electron chi connectivity index (χ1n) is 10.7. The Bertz CT molecular complexity index is 1090. The Morgan fingerprint density at radius 1 is 0.969 bits per heavy atom. The van der Waals surface area contributed by atoms with E-state index in [-0.39, 0.29) is 29.5 Å². The highest BCUT2D eigenvalue weighted by Gasteiger charge is 2.29. The fourth-order valence-corrected chi connectivity index (χ4v) is 5.46. The second kappa shape index (κ2) is 9.25. The SMILES string of the molecule is CC(=O)N1CCN(S(=O)(=O)c2cccc(C(=O)Nc3ccc(N4CCCC4)nc3)c2)CC1. The zero-order valence-corrected chi connectivity index (χ0v) is 18.8. The van der Waals surface area contributed by atoms with Gasteiger partial charge in [0.2, 0.25) is 15.9 Å². The number of carbonyl (C=O) groups excluding carboxylic acids is 2. The number of sulfonamides is 1. The zero-order valence-electron chi connectivity index (χ0n) is 18.0. The molecule has 2 aliphatic rings. The molecule has 0 spiro atoms. The molecule has 4 rings (SSSR count). The van der Waals surface area contributed by atoms with Crippen LogP contribution in [0.2, 0.25) is 0 Å². The summed E-state index contributed by atoms with van der Waals surface area (Å²) in [5, 5.41) is 2.78. The summed E-state index contributed by atoms with van der Waals surface area (Å²) in [6, 6.07) is 9.68. The van der Waals surface area contributed by atoms with Gasteiger partial charge >= 0.3 is 0 Å². The number of pyridine rings is 1. The minimum absolute atomic E-state index is 0.0592. The van der Waals surface area contributed by atoms with Crippen LogP contribution < -0.4 is 10.2 Å². The lowest BCUT2D eigenvalue weighted by Crippen LogP contribution is -2.49. The van der Waals surface area contributed by atoms with E-state index in [1.54, 1.807) is 29.3 Å². The molecule has 1 aromatic heterocycles. The van der Waals surface area contributed by atoms with Crippen LogP contribution in [0.15, 0.2) is 47.5 Å². The van der Waals surface area contributed by atoms with Crippen molar-refractivity contribution in [2.75, 3.05) is 49.5 Å². The summed E-state index contributed by atoms with van der Waals surface area (Å²) >= 11 is 0. The number of anilines is 2. The lowest BCUT2D eigenvalue weighted by molar-refractivity contribution is -0.129. The molecule has 9 nitrogen and oxygen atoms in total. The molecule has 0 atom stereocenters. The first-order valence-corrected chi connectivity index (χ1v) is 12.2. The molecule has 10 heteroatoms. The summed E-state index contributed by atoms with van der Waals surface area (Å²) in [5.74, 6) is 0.418. The Labute approximate surface area is 188 Å². The molecule has 2 aliphatic heterocycles. The molecular weight excluding hydrogens is 430 g/mol. The third-order valence-electron chi connectivity index (χ3n) is 5.85. The van der Waals surface area contributed by atoms with E-state index >= 15 is 0 Å². The van der Waals surface area contributed by atoms with Gasteiger partial charge in [0, 0.05) is 51.8 Å². The number of nitrogens with zero attached hydrogens (tertiary/aromatic N) is 4. The lowest BCUT2D eigenvalue weighted by atomic mass is 10.2. The first kappa shape index (κ1) is 22.2. The lowest BCUT2D eigenvalue weighted by Gasteiger charge is -2.33. The topological polar surface area (TPSA) is 103 Å². The molecule has 0 aliphatic carbocycles. The Balaban J connectivity index is 1.44. The van der Waals surface area contributed by atoms with Crippen LogP contribution in [0.5, 0.6) is 0 Å². The molecule has 170 valence electrons. The third-order valence-corrected chi connectivity index (χ3v) is 7.75. The van der Waals surface area contributed by atoms with Gasteiger partial charge in [0.25, 0.3) is 5.91 Å². The van der Waals surface area contributed by atoms with Gasteiger partial charge in [-0.2, -0.15) is 4.31 Å². The van der Waals surface area contributed by atoms with Crippen molar-refractivity contribution in [3.05, 3.63) is 48.2 Å². The van der Waals surface area contributed by atoms with Crippen LogP contribution in [0.3, 0.4) is 0 Å². The van der Waals surface area contributed by atoms with Gasteiger partial charge < -0.3 is 15.1 Å². The fourth-order valence-electron chi connectivity index (χ4n) is 3.99.